The molecule has 5 rings (SSSR count). The summed E-state index contributed by atoms with van der Waals surface area (Å²) in [6, 6.07) is 0.210. The van der Waals surface area contributed by atoms with Crippen molar-refractivity contribution in [3.05, 3.63) is 29.4 Å². The SMILES string of the molecule is CC(C)(C)OC(=O)N[C@H](c1nc2c(F)c(C(C3CC3)N3CC(C(F)(F)F)OS3(=O)=O)ccc2o1)C1CCC(F)(F)CC1. The van der Waals surface area contributed by atoms with Crippen LogP contribution in [0, 0.1) is 17.7 Å². The van der Waals surface area contributed by atoms with E-state index in [2.05, 4.69) is 14.5 Å². The number of fused-ring (bicyclic) bond motifs is 1. The van der Waals surface area contributed by atoms with Gasteiger partial charge in [-0.05, 0) is 64.4 Å². The Morgan fingerprint density at radius 1 is 1.12 bits per heavy atom. The van der Waals surface area contributed by atoms with Crippen molar-refractivity contribution >= 4 is 27.5 Å². The molecule has 2 saturated carbocycles. The van der Waals surface area contributed by atoms with Gasteiger partial charge in [-0.25, -0.2) is 27.1 Å². The van der Waals surface area contributed by atoms with Gasteiger partial charge in [0.2, 0.25) is 11.8 Å². The van der Waals surface area contributed by atoms with E-state index in [1.807, 2.05) is 0 Å². The van der Waals surface area contributed by atoms with Gasteiger partial charge < -0.3 is 14.5 Å². The molecule has 1 N–H and O–H groups in total. The Kier molecular flexibility index (Phi) is 7.74. The van der Waals surface area contributed by atoms with Gasteiger partial charge in [-0.1, -0.05) is 6.07 Å². The van der Waals surface area contributed by atoms with E-state index in [1.165, 1.54) is 12.1 Å². The molecular formula is C26H31F6N3O6S. The fourth-order valence-corrected chi connectivity index (χ4v) is 6.98. The summed E-state index contributed by atoms with van der Waals surface area (Å²) >= 11 is 0. The van der Waals surface area contributed by atoms with Crippen molar-refractivity contribution in [2.45, 2.75) is 95.2 Å². The Balaban J connectivity index is 1.50. The quantitative estimate of drug-likeness (QED) is 0.374. The highest BCUT2D eigenvalue weighted by Crippen LogP contribution is 2.50. The third-order valence-corrected chi connectivity index (χ3v) is 9.08. The molecule has 0 spiro atoms. The fourth-order valence-electron chi connectivity index (χ4n) is 5.52. The van der Waals surface area contributed by atoms with Crippen molar-refractivity contribution in [2.24, 2.45) is 11.8 Å². The fraction of sp³-hybridized carbons (Fsp3) is 0.692. The first-order valence-electron chi connectivity index (χ1n) is 13.6. The molecule has 16 heteroatoms. The lowest BCUT2D eigenvalue weighted by atomic mass is 9.82. The molecule has 9 nitrogen and oxygen atoms in total. The zero-order valence-electron chi connectivity index (χ0n) is 23.0. The number of carbonyl (C=O) groups excluding carboxylic acids is 1. The summed E-state index contributed by atoms with van der Waals surface area (Å²) in [5.41, 5.74) is -1.49. The number of ether oxygens (including phenoxy) is 1. The summed E-state index contributed by atoms with van der Waals surface area (Å²) in [4.78, 5) is 16.9. The molecule has 1 amide bonds. The zero-order valence-corrected chi connectivity index (χ0v) is 23.8. The van der Waals surface area contributed by atoms with Crippen molar-refractivity contribution in [3.63, 3.8) is 0 Å². The summed E-state index contributed by atoms with van der Waals surface area (Å²) in [6.45, 7) is 3.89. The first-order chi connectivity index (χ1) is 19.3. The van der Waals surface area contributed by atoms with Crippen LogP contribution in [0.2, 0.25) is 0 Å². The van der Waals surface area contributed by atoms with Crippen LogP contribution >= 0.6 is 0 Å². The molecule has 0 bridgehead atoms. The number of hydrogen-bond acceptors (Lipinski definition) is 7. The lowest BCUT2D eigenvalue weighted by Gasteiger charge is -2.33. The van der Waals surface area contributed by atoms with Gasteiger partial charge >= 0.3 is 22.6 Å². The second-order valence-electron chi connectivity index (χ2n) is 12.1. The van der Waals surface area contributed by atoms with E-state index in [0.29, 0.717) is 17.1 Å². The van der Waals surface area contributed by atoms with E-state index in [1.54, 1.807) is 20.8 Å². The lowest BCUT2D eigenvalue weighted by molar-refractivity contribution is -0.188. The molecule has 1 aliphatic heterocycles. The molecule has 0 radical (unpaired) electrons. The molecular weight excluding hydrogens is 596 g/mol. The van der Waals surface area contributed by atoms with E-state index in [4.69, 9.17) is 9.15 Å². The zero-order chi connectivity index (χ0) is 30.8. The van der Waals surface area contributed by atoms with Gasteiger partial charge in [0.1, 0.15) is 17.2 Å². The predicted octanol–water partition coefficient (Wildman–Crippen LogP) is 6.32. The number of carbonyl (C=O) groups is 1. The number of aromatic nitrogens is 1. The molecule has 3 aliphatic rings. The number of halogens is 6. The monoisotopic (exact) mass is 627 g/mol. The number of oxazole rings is 1. The van der Waals surface area contributed by atoms with Crippen LogP contribution in [0.15, 0.2) is 16.5 Å². The molecule has 2 unspecified atom stereocenters. The van der Waals surface area contributed by atoms with Crippen LogP contribution in [0.1, 0.15) is 82.8 Å². The van der Waals surface area contributed by atoms with Gasteiger partial charge in [-0.3, -0.25) is 0 Å². The second-order valence-corrected chi connectivity index (χ2v) is 13.6. The van der Waals surface area contributed by atoms with Crippen molar-refractivity contribution in [2.75, 3.05) is 6.54 Å². The number of alkyl carbamates (subject to hydrolysis) is 1. The summed E-state index contributed by atoms with van der Waals surface area (Å²) in [6.07, 6.45) is -8.31. The Morgan fingerprint density at radius 3 is 2.31 bits per heavy atom. The van der Waals surface area contributed by atoms with Crippen molar-refractivity contribution in [1.29, 1.82) is 0 Å². The van der Waals surface area contributed by atoms with Gasteiger partial charge in [0, 0.05) is 18.4 Å². The van der Waals surface area contributed by atoms with Crippen molar-refractivity contribution < 1.29 is 52.9 Å². The maximum atomic E-state index is 16.0. The van der Waals surface area contributed by atoms with Gasteiger partial charge in [0.25, 0.3) is 0 Å². The van der Waals surface area contributed by atoms with E-state index >= 15 is 4.39 Å². The second kappa shape index (κ2) is 10.5. The Morgan fingerprint density at radius 2 is 1.76 bits per heavy atom. The lowest BCUT2D eigenvalue weighted by Crippen LogP contribution is -2.40. The number of rotatable bonds is 6. The van der Waals surface area contributed by atoms with Crippen LogP contribution in [0.5, 0.6) is 0 Å². The van der Waals surface area contributed by atoms with Crippen LogP contribution in [-0.2, 0) is 19.2 Å². The maximum Gasteiger partial charge on any atom is 0.417 e. The number of benzene rings is 1. The molecule has 3 fully saturated rings. The summed E-state index contributed by atoms with van der Waals surface area (Å²) in [5.74, 6) is -5.02. The van der Waals surface area contributed by atoms with Crippen LogP contribution in [0.4, 0.5) is 31.1 Å². The number of nitrogens with zero attached hydrogens (tertiary/aromatic N) is 2. The molecule has 2 aromatic rings. The molecule has 1 aromatic heterocycles. The number of alkyl halides is 5. The van der Waals surface area contributed by atoms with Crippen LogP contribution in [0.3, 0.4) is 0 Å². The summed E-state index contributed by atoms with van der Waals surface area (Å²) < 4.78 is 125. The average molecular weight is 628 g/mol. The number of nitrogens with one attached hydrogen (secondary N) is 1. The summed E-state index contributed by atoms with van der Waals surface area (Å²) in [5, 5.41) is 2.61. The largest absolute Gasteiger partial charge is 0.444 e. The minimum Gasteiger partial charge on any atom is -0.444 e. The third kappa shape index (κ3) is 6.49. The molecule has 42 heavy (non-hydrogen) atoms. The van der Waals surface area contributed by atoms with Crippen LogP contribution < -0.4 is 5.32 Å². The minimum absolute atomic E-state index is 0.0108. The minimum atomic E-state index is -4.95. The first kappa shape index (κ1) is 30.9. The van der Waals surface area contributed by atoms with Crippen LogP contribution in [0.25, 0.3) is 11.1 Å². The normalized spacial score (nSPS) is 24.9. The molecule has 234 valence electrons. The van der Waals surface area contributed by atoms with Crippen LogP contribution in [-0.4, -0.2) is 54.1 Å². The standard InChI is InChI=1S/C26H31F6N3O6S/c1-24(2,3)40-23(36)34-19(13-8-10-25(28,29)11-9-13)22-33-20-16(39-22)7-6-15(18(20)27)21(14-4-5-14)35-12-17(26(30,31)32)41-42(35,37)38/h6-7,13-14,17,19,21H,4-5,8-12H2,1-3H3,(H,34,36)/t17?,19-,21?/m0/s1. The highest BCUT2D eigenvalue weighted by molar-refractivity contribution is 7.84. The Bertz CT molecular complexity index is 1440. The highest BCUT2D eigenvalue weighted by Gasteiger charge is 2.56. The van der Waals surface area contributed by atoms with Crippen molar-refractivity contribution in [1.82, 2.24) is 14.6 Å². The number of amides is 1. The number of hydrogen-bond donors (Lipinski definition) is 1. The smallest absolute Gasteiger partial charge is 0.417 e. The Hall–Kier alpha value is -2.59. The third-order valence-electron chi connectivity index (χ3n) is 7.65. The summed E-state index contributed by atoms with van der Waals surface area (Å²) in [7, 11) is -4.82. The molecule has 1 aromatic carbocycles. The molecule has 2 aliphatic carbocycles. The predicted molar refractivity (Wildman–Crippen MR) is 135 cm³/mol. The van der Waals surface area contributed by atoms with Gasteiger partial charge in [-0.15, -0.1) is 0 Å². The van der Waals surface area contributed by atoms with Gasteiger partial charge in [0.15, 0.2) is 17.5 Å². The topological polar surface area (TPSA) is 111 Å². The average Bonchev–Trinajstić information content (AvgIpc) is 3.49. The first-order valence-corrected chi connectivity index (χ1v) is 14.9. The van der Waals surface area contributed by atoms with E-state index in [9.17, 15) is 35.2 Å². The van der Waals surface area contributed by atoms with E-state index in [-0.39, 0.29) is 35.4 Å². The molecule has 2 heterocycles. The highest BCUT2D eigenvalue weighted by atomic mass is 32.2. The molecule has 1 saturated heterocycles. The van der Waals surface area contributed by atoms with Gasteiger partial charge in [-0.2, -0.15) is 25.9 Å². The molecule has 3 atom stereocenters. The van der Waals surface area contributed by atoms with E-state index < -0.39 is 89.3 Å². The van der Waals surface area contributed by atoms with Gasteiger partial charge in [0.05, 0.1) is 12.6 Å². The maximum absolute atomic E-state index is 16.0. The van der Waals surface area contributed by atoms with Crippen molar-refractivity contribution in [3.8, 4) is 0 Å². The Labute approximate surface area is 238 Å². The van der Waals surface area contributed by atoms with E-state index in [0.717, 1.165) is 0 Å².